The van der Waals surface area contributed by atoms with Gasteiger partial charge in [-0.25, -0.2) is 0 Å². The molecule has 1 rings (SSSR count). The van der Waals surface area contributed by atoms with Crippen LogP contribution in [0.5, 0.6) is 17.2 Å². The Hall–Kier alpha value is -1.97. The van der Waals surface area contributed by atoms with Gasteiger partial charge < -0.3 is 14.2 Å². The minimum atomic E-state index is -0.298. The second kappa shape index (κ2) is 7.58. The van der Waals surface area contributed by atoms with Crippen molar-refractivity contribution in [1.82, 2.24) is 0 Å². The fourth-order valence-electron chi connectivity index (χ4n) is 1.81. The summed E-state index contributed by atoms with van der Waals surface area (Å²) in [6.07, 6.45) is 2.83. The Morgan fingerprint density at radius 3 is 2.20 bits per heavy atom. The van der Waals surface area contributed by atoms with Crippen LogP contribution in [-0.4, -0.2) is 20.2 Å². The van der Waals surface area contributed by atoms with E-state index in [0.29, 0.717) is 30.1 Å². The van der Waals surface area contributed by atoms with E-state index >= 15 is 0 Å². The highest BCUT2D eigenvalue weighted by Crippen LogP contribution is 2.39. The van der Waals surface area contributed by atoms with Crippen LogP contribution in [0.15, 0.2) is 24.8 Å². The van der Waals surface area contributed by atoms with E-state index in [1.54, 1.807) is 6.08 Å². The van der Waals surface area contributed by atoms with E-state index in [9.17, 15) is 4.79 Å². The summed E-state index contributed by atoms with van der Waals surface area (Å²) in [4.78, 5) is 11.8. The minimum absolute atomic E-state index is 0.236. The van der Waals surface area contributed by atoms with Crippen LogP contribution in [0.1, 0.15) is 25.8 Å². The average molecular weight is 278 g/mol. The van der Waals surface area contributed by atoms with Gasteiger partial charge in [-0.15, -0.1) is 6.58 Å². The quantitative estimate of drug-likeness (QED) is 0.436. The van der Waals surface area contributed by atoms with E-state index in [4.69, 9.17) is 14.2 Å². The zero-order valence-electron chi connectivity index (χ0n) is 12.6. The normalized spacial score (nSPS) is 10.2. The van der Waals surface area contributed by atoms with Crippen LogP contribution >= 0.6 is 0 Å². The maximum atomic E-state index is 11.8. The van der Waals surface area contributed by atoms with Crippen molar-refractivity contribution in [2.24, 2.45) is 5.92 Å². The van der Waals surface area contributed by atoms with Gasteiger partial charge in [0.25, 0.3) is 0 Å². The van der Waals surface area contributed by atoms with Crippen LogP contribution in [-0.2, 0) is 11.2 Å². The van der Waals surface area contributed by atoms with Gasteiger partial charge in [0.05, 0.1) is 14.2 Å². The molecule has 0 unspecified atom stereocenters. The summed E-state index contributed by atoms with van der Waals surface area (Å²) >= 11 is 0. The summed E-state index contributed by atoms with van der Waals surface area (Å²) in [6, 6.07) is 3.64. The van der Waals surface area contributed by atoms with Crippen molar-refractivity contribution in [1.29, 1.82) is 0 Å². The van der Waals surface area contributed by atoms with Crippen LogP contribution in [0.2, 0.25) is 0 Å². The molecule has 4 nitrogen and oxygen atoms in total. The molecule has 0 aliphatic carbocycles. The lowest BCUT2D eigenvalue weighted by molar-refractivity contribution is -0.135. The molecule has 0 bridgehead atoms. The number of hydrogen-bond acceptors (Lipinski definition) is 4. The predicted molar refractivity (Wildman–Crippen MR) is 78.5 cm³/mol. The number of allylic oxidation sites excluding steroid dienone is 1. The number of esters is 1. The zero-order chi connectivity index (χ0) is 15.1. The first-order valence-electron chi connectivity index (χ1n) is 6.58. The van der Waals surface area contributed by atoms with Gasteiger partial charge in [-0.05, 0) is 30.0 Å². The molecular formula is C16H22O4. The van der Waals surface area contributed by atoms with E-state index < -0.39 is 0 Å². The van der Waals surface area contributed by atoms with E-state index in [0.717, 1.165) is 5.56 Å². The zero-order valence-corrected chi connectivity index (χ0v) is 12.6. The molecule has 0 N–H and O–H groups in total. The highest BCUT2D eigenvalue weighted by atomic mass is 16.6. The van der Waals surface area contributed by atoms with Gasteiger partial charge in [0.15, 0.2) is 11.5 Å². The Balaban J connectivity index is 3.09. The molecular weight excluding hydrogens is 256 g/mol. The second-order valence-corrected chi connectivity index (χ2v) is 4.89. The molecule has 0 atom stereocenters. The van der Waals surface area contributed by atoms with Gasteiger partial charge in [0.1, 0.15) is 0 Å². The predicted octanol–water partition coefficient (Wildman–Crippen LogP) is 3.38. The molecule has 0 saturated heterocycles. The van der Waals surface area contributed by atoms with Crippen molar-refractivity contribution in [2.75, 3.05) is 14.2 Å². The van der Waals surface area contributed by atoms with Crippen LogP contribution < -0.4 is 14.2 Å². The first-order chi connectivity index (χ1) is 9.51. The lowest BCUT2D eigenvalue weighted by atomic mass is 10.1. The standard InChI is InChI=1S/C16H22O4/c1-6-7-12-9-13(18-4)16(14(10-12)19-5)20-15(17)8-11(2)3/h6,9-11H,1,7-8H2,2-5H3. The minimum Gasteiger partial charge on any atom is -0.493 e. The summed E-state index contributed by atoms with van der Waals surface area (Å²) in [7, 11) is 3.07. The molecule has 0 heterocycles. The third-order valence-corrected chi connectivity index (χ3v) is 2.69. The molecule has 0 saturated carbocycles. The summed E-state index contributed by atoms with van der Waals surface area (Å²) in [5, 5.41) is 0. The van der Waals surface area contributed by atoms with Gasteiger partial charge in [0, 0.05) is 6.42 Å². The number of carbonyl (C=O) groups is 1. The molecule has 0 aliphatic heterocycles. The Morgan fingerprint density at radius 2 is 1.80 bits per heavy atom. The largest absolute Gasteiger partial charge is 0.493 e. The molecule has 4 heteroatoms. The molecule has 0 fully saturated rings. The summed E-state index contributed by atoms with van der Waals surface area (Å²) < 4.78 is 16.0. The maximum absolute atomic E-state index is 11.8. The van der Waals surface area contributed by atoms with Gasteiger partial charge in [-0.2, -0.15) is 0 Å². The molecule has 20 heavy (non-hydrogen) atoms. The molecule has 110 valence electrons. The molecule has 0 spiro atoms. The fraction of sp³-hybridized carbons (Fsp3) is 0.438. The summed E-state index contributed by atoms with van der Waals surface area (Å²) in [5.74, 6) is 1.23. The molecule has 0 aliphatic rings. The van der Waals surface area contributed by atoms with Gasteiger partial charge in [-0.3, -0.25) is 4.79 Å². The third-order valence-electron chi connectivity index (χ3n) is 2.69. The van der Waals surface area contributed by atoms with Crippen molar-refractivity contribution in [3.05, 3.63) is 30.4 Å². The molecule has 0 radical (unpaired) electrons. The summed E-state index contributed by atoms with van der Waals surface area (Å²) in [5.41, 5.74) is 0.984. The Bertz CT molecular complexity index is 452. The van der Waals surface area contributed by atoms with Crippen LogP contribution in [0.3, 0.4) is 0 Å². The second-order valence-electron chi connectivity index (χ2n) is 4.89. The topological polar surface area (TPSA) is 44.8 Å². The number of benzene rings is 1. The van der Waals surface area contributed by atoms with Crippen LogP contribution in [0, 0.1) is 5.92 Å². The van der Waals surface area contributed by atoms with Crippen LogP contribution in [0.4, 0.5) is 0 Å². The van der Waals surface area contributed by atoms with Gasteiger partial charge in [-0.1, -0.05) is 19.9 Å². The van der Waals surface area contributed by atoms with Crippen molar-refractivity contribution in [3.63, 3.8) is 0 Å². The van der Waals surface area contributed by atoms with Crippen molar-refractivity contribution in [3.8, 4) is 17.2 Å². The number of hydrogen-bond donors (Lipinski definition) is 0. The molecule has 0 aromatic heterocycles. The monoisotopic (exact) mass is 278 g/mol. The molecule has 1 aromatic carbocycles. The Morgan fingerprint density at radius 1 is 1.25 bits per heavy atom. The number of rotatable bonds is 7. The van der Waals surface area contributed by atoms with Crippen molar-refractivity contribution < 1.29 is 19.0 Å². The third kappa shape index (κ3) is 4.30. The van der Waals surface area contributed by atoms with Crippen molar-refractivity contribution in [2.45, 2.75) is 26.7 Å². The van der Waals surface area contributed by atoms with Gasteiger partial charge >= 0.3 is 5.97 Å². The first-order valence-corrected chi connectivity index (χ1v) is 6.58. The number of carbonyl (C=O) groups excluding carboxylic acids is 1. The highest BCUT2D eigenvalue weighted by Gasteiger charge is 2.18. The Kier molecular flexibility index (Phi) is 6.10. The average Bonchev–Trinajstić information content (AvgIpc) is 2.39. The molecule has 0 amide bonds. The van der Waals surface area contributed by atoms with Crippen molar-refractivity contribution >= 4 is 5.97 Å². The SMILES string of the molecule is C=CCc1cc(OC)c(OC(=O)CC(C)C)c(OC)c1. The highest BCUT2D eigenvalue weighted by molar-refractivity contribution is 5.75. The van der Waals surface area contributed by atoms with E-state index in [2.05, 4.69) is 6.58 Å². The van der Waals surface area contributed by atoms with E-state index in [-0.39, 0.29) is 11.9 Å². The summed E-state index contributed by atoms with van der Waals surface area (Å²) in [6.45, 7) is 7.63. The number of ether oxygens (including phenoxy) is 3. The van der Waals surface area contributed by atoms with Gasteiger partial charge in [0.2, 0.25) is 5.75 Å². The van der Waals surface area contributed by atoms with Crippen LogP contribution in [0.25, 0.3) is 0 Å². The number of methoxy groups -OCH3 is 2. The lowest BCUT2D eigenvalue weighted by Gasteiger charge is -2.15. The first kappa shape index (κ1) is 16.1. The smallest absolute Gasteiger partial charge is 0.311 e. The fourth-order valence-corrected chi connectivity index (χ4v) is 1.81. The Labute approximate surface area is 120 Å². The van der Waals surface area contributed by atoms with E-state index in [1.165, 1.54) is 14.2 Å². The lowest BCUT2D eigenvalue weighted by Crippen LogP contribution is -2.12. The van der Waals surface area contributed by atoms with E-state index in [1.807, 2.05) is 26.0 Å². The molecule has 1 aromatic rings. The maximum Gasteiger partial charge on any atom is 0.311 e.